The Balaban J connectivity index is 2.22. The molecule has 0 aliphatic heterocycles. The monoisotopic (exact) mass is 228 g/mol. The molecule has 0 saturated heterocycles. The zero-order valence-electron chi connectivity index (χ0n) is 8.76. The summed E-state index contributed by atoms with van der Waals surface area (Å²) in [7, 11) is 0. The van der Waals surface area contributed by atoms with Crippen LogP contribution in [-0.2, 0) is 6.42 Å². The Morgan fingerprint density at radius 1 is 0.938 bits per heavy atom. The van der Waals surface area contributed by atoms with Crippen molar-refractivity contribution in [2.75, 3.05) is 0 Å². The minimum atomic E-state index is -0.185. The summed E-state index contributed by atoms with van der Waals surface area (Å²) in [6, 6.07) is 17.8. The molecule has 2 aromatic rings. The average Bonchev–Trinajstić information content (AvgIpc) is 2.30. The second kappa shape index (κ2) is 4.99. The number of rotatable bonds is 3. The molecule has 0 bridgehead atoms. The van der Waals surface area contributed by atoms with Crippen molar-refractivity contribution in [2.24, 2.45) is 0 Å². The smallest absolute Gasteiger partial charge is 0.216 e. The van der Waals surface area contributed by atoms with E-state index >= 15 is 0 Å². The lowest BCUT2D eigenvalue weighted by atomic mass is 10.0. The number of benzene rings is 2. The highest BCUT2D eigenvalue weighted by molar-refractivity contribution is 7.97. The zero-order chi connectivity index (χ0) is 11.4. The van der Waals surface area contributed by atoms with Crippen LogP contribution >= 0.6 is 12.6 Å². The maximum atomic E-state index is 11.1. The molecule has 0 spiro atoms. The fraction of sp³-hybridized carbons (Fsp3) is 0.0714. The molecule has 0 aromatic heterocycles. The van der Waals surface area contributed by atoms with Gasteiger partial charge >= 0.3 is 0 Å². The SMILES string of the molecule is O=C(S)c1cccc(Cc2ccccc2)c1. The summed E-state index contributed by atoms with van der Waals surface area (Å²) in [5.74, 6) is 0. The van der Waals surface area contributed by atoms with Gasteiger partial charge in [-0.15, -0.1) is 12.6 Å². The lowest BCUT2D eigenvalue weighted by Crippen LogP contribution is -1.93. The molecule has 0 heterocycles. The summed E-state index contributed by atoms with van der Waals surface area (Å²) in [4.78, 5) is 11.1. The van der Waals surface area contributed by atoms with Crippen molar-refractivity contribution in [3.05, 3.63) is 71.3 Å². The van der Waals surface area contributed by atoms with Gasteiger partial charge < -0.3 is 0 Å². The maximum absolute atomic E-state index is 11.1. The summed E-state index contributed by atoms with van der Waals surface area (Å²) in [5, 5.41) is -0.185. The average molecular weight is 228 g/mol. The van der Waals surface area contributed by atoms with E-state index in [9.17, 15) is 4.79 Å². The van der Waals surface area contributed by atoms with Gasteiger partial charge in [0.15, 0.2) is 0 Å². The van der Waals surface area contributed by atoms with E-state index in [1.54, 1.807) is 6.07 Å². The van der Waals surface area contributed by atoms with Crippen LogP contribution in [0.2, 0.25) is 0 Å². The van der Waals surface area contributed by atoms with Crippen LogP contribution in [0.3, 0.4) is 0 Å². The molecule has 2 rings (SSSR count). The van der Waals surface area contributed by atoms with Crippen molar-refractivity contribution in [3.8, 4) is 0 Å². The van der Waals surface area contributed by atoms with Gasteiger partial charge in [0.1, 0.15) is 0 Å². The molecule has 0 atom stereocenters. The van der Waals surface area contributed by atoms with Crippen molar-refractivity contribution in [2.45, 2.75) is 6.42 Å². The van der Waals surface area contributed by atoms with Crippen LogP contribution in [0.15, 0.2) is 54.6 Å². The lowest BCUT2D eigenvalue weighted by Gasteiger charge is -2.03. The van der Waals surface area contributed by atoms with Crippen LogP contribution < -0.4 is 0 Å². The molecule has 0 aliphatic carbocycles. The van der Waals surface area contributed by atoms with E-state index in [1.165, 1.54) is 5.56 Å². The molecule has 0 N–H and O–H groups in total. The first-order valence-corrected chi connectivity index (χ1v) is 5.56. The Morgan fingerprint density at radius 3 is 2.31 bits per heavy atom. The zero-order valence-corrected chi connectivity index (χ0v) is 9.65. The summed E-state index contributed by atoms with van der Waals surface area (Å²) in [6.07, 6.45) is 0.843. The third-order valence-corrected chi connectivity index (χ3v) is 2.68. The van der Waals surface area contributed by atoms with Gasteiger partial charge in [0.2, 0.25) is 5.12 Å². The number of carbonyl (C=O) groups is 1. The first kappa shape index (κ1) is 11.0. The highest BCUT2D eigenvalue weighted by Crippen LogP contribution is 2.12. The molecule has 0 radical (unpaired) electrons. The number of carbonyl (C=O) groups excluding carboxylic acids is 1. The van der Waals surface area contributed by atoms with Crippen LogP contribution in [0.4, 0.5) is 0 Å². The van der Waals surface area contributed by atoms with E-state index in [0.29, 0.717) is 5.56 Å². The summed E-state index contributed by atoms with van der Waals surface area (Å²) >= 11 is 3.82. The fourth-order valence-electron chi connectivity index (χ4n) is 1.65. The van der Waals surface area contributed by atoms with Crippen LogP contribution in [-0.4, -0.2) is 5.12 Å². The van der Waals surface area contributed by atoms with Gasteiger partial charge in [0.25, 0.3) is 0 Å². The second-order valence-corrected chi connectivity index (χ2v) is 4.07. The Labute approximate surface area is 101 Å². The van der Waals surface area contributed by atoms with Crippen LogP contribution in [0.5, 0.6) is 0 Å². The number of thiol groups is 1. The molecule has 0 fully saturated rings. The highest BCUT2D eigenvalue weighted by atomic mass is 32.1. The molecule has 2 aromatic carbocycles. The molecule has 0 aliphatic rings. The maximum Gasteiger partial charge on any atom is 0.216 e. The van der Waals surface area contributed by atoms with E-state index in [1.807, 2.05) is 36.4 Å². The molecule has 2 heteroatoms. The highest BCUT2D eigenvalue weighted by Gasteiger charge is 2.01. The van der Waals surface area contributed by atoms with Crippen LogP contribution in [0.25, 0.3) is 0 Å². The minimum absolute atomic E-state index is 0.185. The van der Waals surface area contributed by atoms with E-state index in [2.05, 4.69) is 24.8 Å². The van der Waals surface area contributed by atoms with E-state index in [-0.39, 0.29) is 5.12 Å². The summed E-state index contributed by atoms with van der Waals surface area (Å²) < 4.78 is 0. The van der Waals surface area contributed by atoms with Gasteiger partial charge in [-0.2, -0.15) is 0 Å². The van der Waals surface area contributed by atoms with Gasteiger partial charge in [0.05, 0.1) is 0 Å². The Bertz CT molecular complexity index is 491. The van der Waals surface area contributed by atoms with Crippen molar-refractivity contribution in [1.82, 2.24) is 0 Å². The van der Waals surface area contributed by atoms with E-state index in [4.69, 9.17) is 0 Å². The Morgan fingerprint density at radius 2 is 1.62 bits per heavy atom. The molecular weight excluding hydrogens is 216 g/mol. The number of hydrogen-bond acceptors (Lipinski definition) is 1. The first-order valence-electron chi connectivity index (χ1n) is 5.12. The van der Waals surface area contributed by atoms with Gasteiger partial charge in [-0.3, -0.25) is 4.79 Å². The Kier molecular flexibility index (Phi) is 3.42. The fourth-order valence-corrected chi connectivity index (χ4v) is 1.78. The van der Waals surface area contributed by atoms with E-state index < -0.39 is 0 Å². The third-order valence-electron chi connectivity index (χ3n) is 2.43. The normalized spacial score (nSPS) is 10.1. The summed E-state index contributed by atoms with van der Waals surface area (Å²) in [6.45, 7) is 0. The van der Waals surface area contributed by atoms with Crippen molar-refractivity contribution < 1.29 is 4.79 Å². The van der Waals surface area contributed by atoms with Crippen LogP contribution in [0.1, 0.15) is 21.5 Å². The first-order chi connectivity index (χ1) is 7.75. The van der Waals surface area contributed by atoms with Gasteiger partial charge in [-0.05, 0) is 23.6 Å². The predicted molar refractivity (Wildman–Crippen MR) is 69.0 cm³/mol. The molecule has 16 heavy (non-hydrogen) atoms. The van der Waals surface area contributed by atoms with Gasteiger partial charge in [-0.25, -0.2) is 0 Å². The van der Waals surface area contributed by atoms with Crippen molar-refractivity contribution >= 4 is 17.7 Å². The standard InChI is InChI=1S/C14H12OS/c15-14(16)13-8-4-7-12(10-13)9-11-5-2-1-3-6-11/h1-8,10H,9H2,(H,15,16). The van der Waals surface area contributed by atoms with Crippen LogP contribution in [0, 0.1) is 0 Å². The van der Waals surface area contributed by atoms with Crippen molar-refractivity contribution in [3.63, 3.8) is 0 Å². The van der Waals surface area contributed by atoms with Crippen molar-refractivity contribution in [1.29, 1.82) is 0 Å². The minimum Gasteiger partial charge on any atom is -0.282 e. The molecule has 80 valence electrons. The number of hydrogen-bond donors (Lipinski definition) is 1. The predicted octanol–water partition coefficient (Wildman–Crippen LogP) is 3.35. The largest absolute Gasteiger partial charge is 0.282 e. The molecule has 0 unspecified atom stereocenters. The van der Waals surface area contributed by atoms with Gasteiger partial charge in [0, 0.05) is 5.56 Å². The second-order valence-electron chi connectivity index (χ2n) is 3.67. The molecule has 0 amide bonds. The lowest BCUT2D eigenvalue weighted by molar-refractivity contribution is 0.109. The molecule has 0 saturated carbocycles. The summed E-state index contributed by atoms with van der Waals surface area (Å²) in [5.41, 5.74) is 3.02. The quantitative estimate of drug-likeness (QED) is 0.797. The third kappa shape index (κ3) is 2.74. The Hall–Kier alpha value is -1.54. The topological polar surface area (TPSA) is 17.1 Å². The molecule has 1 nitrogen and oxygen atoms in total. The van der Waals surface area contributed by atoms with E-state index in [0.717, 1.165) is 12.0 Å². The molecular formula is C14H12OS. The van der Waals surface area contributed by atoms with Gasteiger partial charge in [-0.1, -0.05) is 48.5 Å².